The van der Waals surface area contributed by atoms with E-state index in [1.54, 1.807) is 11.9 Å². The zero-order chi connectivity index (χ0) is 11.1. The van der Waals surface area contributed by atoms with Gasteiger partial charge in [0.05, 0.1) is 5.92 Å². The van der Waals surface area contributed by atoms with Crippen molar-refractivity contribution in [3.8, 4) is 0 Å². The summed E-state index contributed by atoms with van der Waals surface area (Å²) in [5.41, 5.74) is -0.377. The third-order valence-electron chi connectivity index (χ3n) is 3.67. The number of piperidine rings is 1. The highest BCUT2D eigenvalue weighted by Crippen LogP contribution is 2.36. The smallest absolute Gasteiger partial charge is 0.307 e. The number of rotatable bonds is 1. The lowest BCUT2D eigenvalue weighted by molar-refractivity contribution is -0.159. The first kappa shape index (κ1) is 11.0. The van der Waals surface area contributed by atoms with Gasteiger partial charge in [0.2, 0.25) is 5.91 Å². The van der Waals surface area contributed by atoms with Gasteiger partial charge in [-0.05, 0) is 19.8 Å². The Morgan fingerprint density at radius 2 is 2.07 bits per heavy atom. The second-order valence-electron chi connectivity index (χ2n) is 4.54. The van der Waals surface area contributed by atoms with Crippen LogP contribution in [0, 0.1) is 11.8 Å². The number of carbonyl (C=O) groups excluding carboxylic acids is 1. The molecule has 2 atom stereocenters. The van der Waals surface area contributed by atoms with E-state index >= 15 is 0 Å². The molecule has 1 amide bonds. The molecule has 1 aliphatic heterocycles. The minimum Gasteiger partial charge on any atom is -0.481 e. The first-order valence-corrected chi connectivity index (χ1v) is 4.78. The largest absolute Gasteiger partial charge is 0.481 e. The molecule has 1 saturated heterocycles. The summed E-state index contributed by atoms with van der Waals surface area (Å²) in [6.07, 6.45) is 0.121. The molecular weight excluding hydrogens is 182 g/mol. The van der Waals surface area contributed by atoms with Crippen LogP contribution in [0.5, 0.6) is 0 Å². The van der Waals surface area contributed by atoms with Gasteiger partial charge in [-0.3, -0.25) is 9.59 Å². The Morgan fingerprint density at radius 1 is 1.57 bits per heavy atom. The molecule has 0 saturated carbocycles. The zero-order valence-electron chi connectivity index (χ0n) is 9.07. The van der Waals surface area contributed by atoms with Crippen LogP contribution in [-0.2, 0) is 9.59 Å². The van der Waals surface area contributed by atoms with Gasteiger partial charge in [0.25, 0.3) is 0 Å². The number of hydrogen-bond donors (Lipinski definition) is 1. The van der Waals surface area contributed by atoms with Crippen molar-refractivity contribution in [2.75, 3.05) is 7.05 Å². The number of likely N-dealkylation sites (tertiary alicyclic amines) is 1. The molecule has 1 fully saturated rings. The SMILES string of the molecule is CC1C(C(=O)O)CC(=O)N(C)C1(C)C. The monoisotopic (exact) mass is 199 g/mol. The summed E-state index contributed by atoms with van der Waals surface area (Å²) >= 11 is 0. The average Bonchev–Trinajstić information content (AvgIpc) is 2.08. The topological polar surface area (TPSA) is 57.6 Å². The van der Waals surface area contributed by atoms with Gasteiger partial charge < -0.3 is 10.0 Å². The minimum absolute atomic E-state index is 0.0253. The van der Waals surface area contributed by atoms with Gasteiger partial charge in [0.1, 0.15) is 0 Å². The van der Waals surface area contributed by atoms with E-state index in [0.717, 1.165) is 0 Å². The summed E-state index contributed by atoms with van der Waals surface area (Å²) in [4.78, 5) is 24.1. The van der Waals surface area contributed by atoms with Gasteiger partial charge in [-0.1, -0.05) is 6.92 Å². The molecule has 0 aromatic heterocycles. The molecule has 1 aliphatic rings. The van der Waals surface area contributed by atoms with E-state index < -0.39 is 11.9 Å². The van der Waals surface area contributed by atoms with E-state index in [-0.39, 0.29) is 23.8 Å². The second-order valence-corrected chi connectivity index (χ2v) is 4.54. The summed E-state index contributed by atoms with van der Waals surface area (Å²) in [6.45, 7) is 5.71. The molecule has 0 bridgehead atoms. The number of aliphatic carboxylic acids is 1. The predicted molar refractivity (Wildman–Crippen MR) is 51.8 cm³/mol. The summed E-state index contributed by atoms with van der Waals surface area (Å²) in [6, 6.07) is 0. The highest BCUT2D eigenvalue weighted by molar-refractivity contribution is 5.84. The van der Waals surface area contributed by atoms with Crippen LogP contribution in [0.25, 0.3) is 0 Å². The van der Waals surface area contributed by atoms with Gasteiger partial charge in [-0.25, -0.2) is 0 Å². The Bertz CT molecular complexity index is 273. The molecule has 0 aliphatic carbocycles. The molecule has 1 N–H and O–H groups in total. The third-order valence-corrected chi connectivity index (χ3v) is 3.67. The predicted octanol–water partition coefficient (Wildman–Crippen LogP) is 0.964. The van der Waals surface area contributed by atoms with Crippen LogP contribution in [0.15, 0.2) is 0 Å². The second kappa shape index (κ2) is 3.26. The summed E-state index contributed by atoms with van der Waals surface area (Å²) < 4.78 is 0. The Balaban J connectivity index is 2.99. The standard InChI is InChI=1S/C10H17NO3/c1-6-7(9(13)14)5-8(12)11(4)10(6,2)3/h6-7H,5H2,1-4H3,(H,13,14). The number of carbonyl (C=O) groups is 2. The van der Waals surface area contributed by atoms with Crippen LogP contribution < -0.4 is 0 Å². The lowest BCUT2D eigenvalue weighted by atomic mass is 9.73. The molecule has 0 aromatic carbocycles. The molecule has 1 heterocycles. The van der Waals surface area contributed by atoms with Crippen molar-refractivity contribution < 1.29 is 14.7 Å². The summed E-state index contributed by atoms with van der Waals surface area (Å²) in [5, 5.41) is 8.97. The molecule has 0 radical (unpaired) electrons. The van der Waals surface area contributed by atoms with Crippen molar-refractivity contribution in [1.82, 2.24) is 4.90 Å². The molecule has 0 aromatic rings. The molecule has 80 valence electrons. The number of amides is 1. The summed E-state index contributed by atoms with van der Waals surface area (Å²) in [5.74, 6) is -1.52. The highest BCUT2D eigenvalue weighted by Gasteiger charge is 2.46. The third kappa shape index (κ3) is 1.49. The molecule has 4 nitrogen and oxygen atoms in total. The quantitative estimate of drug-likeness (QED) is 0.684. The summed E-state index contributed by atoms with van der Waals surface area (Å²) in [7, 11) is 1.73. The van der Waals surface area contributed by atoms with E-state index in [0.29, 0.717) is 0 Å². The van der Waals surface area contributed by atoms with Crippen LogP contribution in [0.4, 0.5) is 0 Å². The van der Waals surface area contributed by atoms with Gasteiger partial charge in [0, 0.05) is 19.0 Å². The fourth-order valence-corrected chi connectivity index (χ4v) is 1.92. The first-order chi connectivity index (χ1) is 6.28. The Morgan fingerprint density at radius 3 is 2.50 bits per heavy atom. The normalized spacial score (nSPS) is 31.7. The zero-order valence-corrected chi connectivity index (χ0v) is 9.07. The Hall–Kier alpha value is -1.06. The maximum Gasteiger partial charge on any atom is 0.307 e. The lowest BCUT2D eigenvalue weighted by Crippen LogP contribution is -2.57. The molecule has 4 heteroatoms. The van der Waals surface area contributed by atoms with Crippen molar-refractivity contribution in [1.29, 1.82) is 0 Å². The van der Waals surface area contributed by atoms with E-state index in [1.165, 1.54) is 0 Å². The van der Waals surface area contributed by atoms with E-state index in [4.69, 9.17) is 5.11 Å². The van der Waals surface area contributed by atoms with Crippen molar-refractivity contribution in [2.45, 2.75) is 32.7 Å². The fourth-order valence-electron chi connectivity index (χ4n) is 1.92. The van der Waals surface area contributed by atoms with Crippen LogP contribution in [-0.4, -0.2) is 34.5 Å². The van der Waals surface area contributed by atoms with Crippen molar-refractivity contribution in [3.63, 3.8) is 0 Å². The van der Waals surface area contributed by atoms with Crippen LogP contribution in [0.3, 0.4) is 0 Å². The maximum absolute atomic E-state index is 11.5. The van der Waals surface area contributed by atoms with Crippen LogP contribution in [0.1, 0.15) is 27.2 Å². The van der Waals surface area contributed by atoms with Crippen LogP contribution >= 0.6 is 0 Å². The lowest BCUT2D eigenvalue weighted by Gasteiger charge is -2.47. The van der Waals surface area contributed by atoms with Crippen molar-refractivity contribution >= 4 is 11.9 Å². The van der Waals surface area contributed by atoms with Crippen molar-refractivity contribution in [2.24, 2.45) is 11.8 Å². The van der Waals surface area contributed by atoms with Gasteiger partial charge in [-0.2, -0.15) is 0 Å². The molecule has 1 rings (SSSR count). The fraction of sp³-hybridized carbons (Fsp3) is 0.800. The van der Waals surface area contributed by atoms with Crippen LogP contribution in [0.2, 0.25) is 0 Å². The van der Waals surface area contributed by atoms with Gasteiger partial charge in [0.15, 0.2) is 0 Å². The molecule has 2 unspecified atom stereocenters. The number of carboxylic acid groups (broad SMARTS) is 1. The highest BCUT2D eigenvalue weighted by atomic mass is 16.4. The maximum atomic E-state index is 11.5. The average molecular weight is 199 g/mol. The van der Waals surface area contributed by atoms with Crippen molar-refractivity contribution in [3.05, 3.63) is 0 Å². The molecule has 0 spiro atoms. The minimum atomic E-state index is -0.868. The van der Waals surface area contributed by atoms with Gasteiger partial charge >= 0.3 is 5.97 Å². The number of hydrogen-bond acceptors (Lipinski definition) is 2. The van der Waals surface area contributed by atoms with E-state index in [9.17, 15) is 9.59 Å². The Kier molecular flexibility index (Phi) is 2.56. The van der Waals surface area contributed by atoms with E-state index in [2.05, 4.69) is 0 Å². The number of nitrogens with zero attached hydrogens (tertiary/aromatic N) is 1. The van der Waals surface area contributed by atoms with E-state index in [1.807, 2.05) is 20.8 Å². The Labute approximate surface area is 83.9 Å². The molecular formula is C10H17NO3. The first-order valence-electron chi connectivity index (χ1n) is 4.78. The van der Waals surface area contributed by atoms with Gasteiger partial charge in [-0.15, -0.1) is 0 Å². The number of carboxylic acids is 1. The molecule has 14 heavy (non-hydrogen) atoms.